The van der Waals surface area contributed by atoms with Gasteiger partial charge in [0.25, 0.3) is 0 Å². The van der Waals surface area contributed by atoms with Crippen LogP contribution in [0.15, 0.2) is 12.1 Å². The van der Waals surface area contributed by atoms with Gasteiger partial charge >= 0.3 is 0 Å². The number of nitrogens with two attached hydrogens (primary N) is 1. The van der Waals surface area contributed by atoms with Crippen molar-refractivity contribution in [3.63, 3.8) is 0 Å². The first-order valence-electron chi connectivity index (χ1n) is 4.77. The van der Waals surface area contributed by atoms with Crippen LogP contribution in [0.2, 0.25) is 0 Å². The highest BCUT2D eigenvalue weighted by Crippen LogP contribution is 2.37. The molecule has 0 aliphatic heterocycles. The zero-order valence-corrected chi connectivity index (χ0v) is 8.18. The summed E-state index contributed by atoms with van der Waals surface area (Å²) < 4.78 is 13.2. The van der Waals surface area contributed by atoms with Gasteiger partial charge in [-0.1, -0.05) is 0 Å². The Morgan fingerprint density at radius 1 is 1.50 bits per heavy atom. The number of benzene rings is 1. The number of rotatable bonds is 2. The van der Waals surface area contributed by atoms with Crippen molar-refractivity contribution in [3.8, 4) is 5.75 Å². The van der Waals surface area contributed by atoms with Crippen LogP contribution in [0, 0.1) is 12.7 Å². The van der Waals surface area contributed by atoms with Crippen LogP contribution in [0.3, 0.4) is 0 Å². The third-order valence-corrected chi connectivity index (χ3v) is 2.79. The molecule has 0 saturated heterocycles. The molecule has 2 nitrogen and oxygen atoms in total. The van der Waals surface area contributed by atoms with Gasteiger partial charge in [0.1, 0.15) is 11.6 Å². The van der Waals surface area contributed by atoms with Crippen molar-refractivity contribution < 1.29 is 9.50 Å². The highest BCUT2D eigenvalue weighted by molar-refractivity contribution is 5.38. The molecule has 0 radical (unpaired) electrons. The molecule has 0 spiro atoms. The Hall–Kier alpha value is -1.09. The SMILES string of the molecule is Cc1cc(O)c(CC2(N)CC2)cc1F. The number of phenols is 1. The fraction of sp³-hybridized carbons (Fsp3) is 0.455. The molecule has 0 atom stereocenters. The van der Waals surface area contributed by atoms with Gasteiger partial charge in [0, 0.05) is 5.54 Å². The van der Waals surface area contributed by atoms with E-state index < -0.39 is 0 Å². The van der Waals surface area contributed by atoms with Crippen LogP contribution in [-0.4, -0.2) is 10.6 Å². The van der Waals surface area contributed by atoms with Crippen LogP contribution in [0.1, 0.15) is 24.0 Å². The first-order chi connectivity index (χ1) is 6.50. The summed E-state index contributed by atoms with van der Waals surface area (Å²) in [5.74, 6) is -0.123. The van der Waals surface area contributed by atoms with Crippen LogP contribution in [0.25, 0.3) is 0 Å². The van der Waals surface area contributed by atoms with E-state index in [0.29, 0.717) is 17.5 Å². The Morgan fingerprint density at radius 3 is 2.71 bits per heavy atom. The maximum atomic E-state index is 13.2. The van der Waals surface area contributed by atoms with Gasteiger partial charge in [-0.25, -0.2) is 4.39 Å². The average molecular weight is 195 g/mol. The fourth-order valence-corrected chi connectivity index (χ4v) is 1.57. The number of halogens is 1. The smallest absolute Gasteiger partial charge is 0.126 e. The summed E-state index contributed by atoms with van der Waals surface area (Å²) in [6.45, 7) is 1.63. The predicted molar refractivity (Wildman–Crippen MR) is 52.7 cm³/mol. The largest absolute Gasteiger partial charge is 0.508 e. The summed E-state index contributed by atoms with van der Waals surface area (Å²) in [7, 11) is 0. The minimum absolute atomic E-state index is 0.153. The first-order valence-corrected chi connectivity index (χ1v) is 4.77. The number of hydrogen-bond acceptors (Lipinski definition) is 2. The fourth-order valence-electron chi connectivity index (χ4n) is 1.57. The third kappa shape index (κ3) is 1.73. The molecule has 3 N–H and O–H groups in total. The van der Waals surface area contributed by atoms with Gasteiger partial charge in [0.05, 0.1) is 0 Å². The highest BCUT2D eigenvalue weighted by atomic mass is 19.1. The lowest BCUT2D eigenvalue weighted by molar-refractivity contribution is 0.459. The van der Waals surface area contributed by atoms with Gasteiger partial charge in [0.2, 0.25) is 0 Å². The van der Waals surface area contributed by atoms with Crippen molar-refractivity contribution >= 4 is 0 Å². The van der Waals surface area contributed by atoms with Crippen LogP contribution in [0.4, 0.5) is 4.39 Å². The van der Waals surface area contributed by atoms with Crippen molar-refractivity contribution in [2.75, 3.05) is 0 Å². The molecule has 1 saturated carbocycles. The number of aryl methyl sites for hydroxylation is 1. The van der Waals surface area contributed by atoms with E-state index in [2.05, 4.69) is 0 Å². The second-order valence-corrected chi connectivity index (χ2v) is 4.27. The zero-order valence-electron chi connectivity index (χ0n) is 8.18. The van der Waals surface area contributed by atoms with Gasteiger partial charge in [0.15, 0.2) is 0 Å². The Bertz CT molecular complexity index is 372. The minimum Gasteiger partial charge on any atom is -0.508 e. The maximum Gasteiger partial charge on any atom is 0.126 e. The summed E-state index contributed by atoms with van der Waals surface area (Å²) >= 11 is 0. The lowest BCUT2D eigenvalue weighted by Gasteiger charge is -2.11. The van der Waals surface area contributed by atoms with E-state index in [4.69, 9.17) is 5.73 Å². The number of hydrogen-bond donors (Lipinski definition) is 2. The predicted octanol–water partition coefficient (Wildman–Crippen LogP) is 1.87. The maximum absolute atomic E-state index is 13.2. The summed E-state index contributed by atoms with van der Waals surface area (Å²) in [6.07, 6.45) is 2.49. The molecule has 0 heterocycles. The molecular weight excluding hydrogens is 181 g/mol. The molecule has 1 aromatic carbocycles. The van der Waals surface area contributed by atoms with Gasteiger partial charge in [-0.15, -0.1) is 0 Å². The normalized spacial score (nSPS) is 18.2. The third-order valence-electron chi connectivity index (χ3n) is 2.79. The molecule has 1 fully saturated rings. The topological polar surface area (TPSA) is 46.2 Å². The standard InChI is InChI=1S/C11H14FNO/c1-7-4-10(14)8(5-9(7)12)6-11(13)2-3-11/h4-5,14H,2-3,6,13H2,1H3. The van der Waals surface area contributed by atoms with Gasteiger partial charge in [-0.2, -0.15) is 0 Å². The first kappa shape index (κ1) is 9.46. The quantitative estimate of drug-likeness (QED) is 0.756. The Balaban J connectivity index is 2.29. The molecule has 0 bridgehead atoms. The monoisotopic (exact) mass is 195 g/mol. The lowest BCUT2D eigenvalue weighted by atomic mass is 10.0. The molecule has 1 aliphatic carbocycles. The molecule has 0 unspecified atom stereocenters. The summed E-state index contributed by atoms with van der Waals surface area (Å²) in [5, 5.41) is 9.58. The van der Waals surface area contributed by atoms with E-state index >= 15 is 0 Å². The van der Waals surface area contributed by atoms with E-state index in [0.717, 1.165) is 12.8 Å². The molecule has 1 aliphatic rings. The Morgan fingerprint density at radius 2 is 2.14 bits per heavy atom. The van der Waals surface area contributed by atoms with Crippen molar-refractivity contribution in [3.05, 3.63) is 29.1 Å². The van der Waals surface area contributed by atoms with Crippen LogP contribution in [-0.2, 0) is 6.42 Å². The Labute approximate surface area is 82.5 Å². The average Bonchev–Trinajstić information content (AvgIpc) is 2.80. The molecule has 2 rings (SSSR count). The Kier molecular flexibility index (Phi) is 2.00. The van der Waals surface area contributed by atoms with Crippen molar-refractivity contribution in [1.29, 1.82) is 0 Å². The molecule has 1 aromatic rings. The molecular formula is C11H14FNO. The molecule has 0 amide bonds. The molecule has 0 aromatic heterocycles. The van der Waals surface area contributed by atoms with Crippen molar-refractivity contribution in [2.24, 2.45) is 5.73 Å². The highest BCUT2D eigenvalue weighted by Gasteiger charge is 2.38. The second-order valence-electron chi connectivity index (χ2n) is 4.27. The van der Waals surface area contributed by atoms with E-state index in [1.165, 1.54) is 12.1 Å². The summed E-state index contributed by atoms with van der Waals surface area (Å²) in [6, 6.07) is 2.84. The van der Waals surface area contributed by atoms with Gasteiger partial charge < -0.3 is 10.8 Å². The van der Waals surface area contributed by atoms with Gasteiger partial charge in [-0.3, -0.25) is 0 Å². The lowest BCUT2D eigenvalue weighted by Crippen LogP contribution is -2.24. The summed E-state index contributed by atoms with van der Waals surface area (Å²) in [4.78, 5) is 0. The number of aromatic hydroxyl groups is 1. The second kappa shape index (κ2) is 2.95. The molecule has 14 heavy (non-hydrogen) atoms. The van der Waals surface area contributed by atoms with Crippen LogP contribution in [0.5, 0.6) is 5.75 Å². The van der Waals surface area contributed by atoms with E-state index in [9.17, 15) is 9.50 Å². The minimum atomic E-state index is -0.276. The zero-order chi connectivity index (χ0) is 10.3. The van der Waals surface area contributed by atoms with Crippen LogP contribution >= 0.6 is 0 Å². The van der Waals surface area contributed by atoms with Crippen molar-refractivity contribution in [1.82, 2.24) is 0 Å². The van der Waals surface area contributed by atoms with Gasteiger partial charge in [-0.05, 0) is 49.4 Å². The molecule has 76 valence electrons. The number of phenolic OH excluding ortho intramolecular Hbond substituents is 1. The molecule has 3 heteroatoms. The van der Waals surface area contributed by atoms with E-state index in [-0.39, 0.29) is 17.1 Å². The van der Waals surface area contributed by atoms with Crippen molar-refractivity contribution in [2.45, 2.75) is 31.7 Å². The van der Waals surface area contributed by atoms with Crippen LogP contribution < -0.4 is 5.73 Å². The van der Waals surface area contributed by atoms with E-state index in [1.807, 2.05) is 0 Å². The summed E-state index contributed by atoms with van der Waals surface area (Å²) in [5.41, 5.74) is 6.79. The van der Waals surface area contributed by atoms with E-state index in [1.54, 1.807) is 6.92 Å².